The molecule has 17 heavy (non-hydrogen) atoms. The summed E-state index contributed by atoms with van der Waals surface area (Å²) in [4.78, 5) is 14.0. The third-order valence-corrected chi connectivity index (χ3v) is 3.21. The van der Waals surface area contributed by atoms with Crippen LogP contribution in [0.5, 0.6) is 0 Å². The monoisotopic (exact) mass is 240 g/mol. The van der Waals surface area contributed by atoms with E-state index in [1.807, 2.05) is 27.7 Å². The normalized spacial score (nSPS) is 11.0. The maximum atomic E-state index is 12.3. The number of hydrogen-bond acceptors (Lipinski definition) is 3. The summed E-state index contributed by atoms with van der Waals surface area (Å²) < 4.78 is 5.25. The van der Waals surface area contributed by atoms with E-state index in [0.717, 1.165) is 0 Å². The molecule has 0 N–H and O–H groups in total. The number of ether oxygens (including phenoxy) is 1. The molecule has 0 unspecified atom stereocenters. The Morgan fingerprint density at radius 1 is 1.29 bits per heavy atom. The van der Waals surface area contributed by atoms with Gasteiger partial charge >= 0.3 is 0 Å². The lowest BCUT2D eigenvalue weighted by atomic mass is 9.82. The third kappa shape index (κ3) is 4.01. The highest BCUT2D eigenvalue weighted by Gasteiger charge is 2.37. The van der Waals surface area contributed by atoms with Gasteiger partial charge in [0.15, 0.2) is 0 Å². The predicted octanol–water partition coefficient (Wildman–Crippen LogP) is 2.20. The van der Waals surface area contributed by atoms with Gasteiger partial charge in [0, 0.05) is 19.7 Å². The molecule has 1 amide bonds. The molecule has 0 aromatic rings. The van der Waals surface area contributed by atoms with E-state index in [1.165, 1.54) is 0 Å². The van der Waals surface area contributed by atoms with E-state index >= 15 is 0 Å². The minimum Gasteiger partial charge on any atom is -0.380 e. The Morgan fingerprint density at radius 3 is 2.24 bits per heavy atom. The van der Waals surface area contributed by atoms with Gasteiger partial charge in [-0.3, -0.25) is 4.79 Å². The lowest BCUT2D eigenvalue weighted by molar-refractivity contribution is -0.140. The first-order valence-corrected chi connectivity index (χ1v) is 6.40. The number of nitriles is 1. The van der Waals surface area contributed by atoms with E-state index in [2.05, 4.69) is 6.07 Å². The number of likely N-dealkylation sites (N-methyl/N-ethyl adjacent to an activating group) is 1. The minimum atomic E-state index is -0.859. The summed E-state index contributed by atoms with van der Waals surface area (Å²) in [6, 6.07) is 2.19. The quantitative estimate of drug-likeness (QED) is 0.611. The summed E-state index contributed by atoms with van der Waals surface area (Å²) in [5.41, 5.74) is -0.859. The number of hydrogen-bond donors (Lipinski definition) is 0. The van der Waals surface area contributed by atoms with Gasteiger partial charge in [0.05, 0.1) is 12.7 Å². The Balaban J connectivity index is 4.66. The predicted molar refractivity (Wildman–Crippen MR) is 67.4 cm³/mol. The van der Waals surface area contributed by atoms with E-state index in [0.29, 0.717) is 39.1 Å². The molecule has 0 spiro atoms. The fourth-order valence-electron chi connectivity index (χ4n) is 1.78. The van der Waals surface area contributed by atoms with Crippen molar-refractivity contribution in [2.45, 2.75) is 40.5 Å². The van der Waals surface area contributed by atoms with Gasteiger partial charge in [0.2, 0.25) is 5.91 Å². The zero-order chi connectivity index (χ0) is 13.3. The van der Waals surface area contributed by atoms with Crippen molar-refractivity contribution in [3.05, 3.63) is 0 Å². The van der Waals surface area contributed by atoms with Crippen LogP contribution in [0.2, 0.25) is 0 Å². The van der Waals surface area contributed by atoms with Crippen molar-refractivity contribution in [3.63, 3.8) is 0 Å². The van der Waals surface area contributed by atoms with Crippen LogP contribution in [-0.4, -0.2) is 37.1 Å². The van der Waals surface area contributed by atoms with Gasteiger partial charge in [-0.15, -0.1) is 0 Å². The van der Waals surface area contributed by atoms with Crippen LogP contribution >= 0.6 is 0 Å². The summed E-state index contributed by atoms with van der Waals surface area (Å²) in [6.07, 6.45) is 1.12. The first-order valence-electron chi connectivity index (χ1n) is 6.40. The third-order valence-electron chi connectivity index (χ3n) is 3.21. The van der Waals surface area contributed by atoms with Gasteiger partial charge in [-0.25, -0.2) is 0 Å². The Bertz CT molecular complexity index is 267. The van der Waals surface area contributed by atoms with Crippen LogP contribution in [0, 0.1) is 16.7 Å². The number of rotatable bonds is 8. The SMILES string of the molecule is CCOCCN(CC)C(=O)C(C#N)(CC)CC. The highest BCUT2D eigenvalue weighted by atomic mass is 16.5. The molecule has 0 heterocycles. The molecule has 0 aromatic carbocycles. The van der Waals surface area contributed by atoms with Crippen molar-refractivity contribution in [2.24, 2.45) is 5.41 Å². The Kier molecular flexibility index (Phi) is 7.56. The smallest absolute Gasteiger partial charge is 0.243 e. The Morgan fingerprint density at radius 2 is 1.88 bits per heavy atom. The molecule has 0 aliphatic rings. The van der Waals surface area contributed by atoms with Crippen molar-refractivity contribution in [1.82, 2.24) is 4.90 Å². The lowest BCUT2D eigenvalue weighted by Crippen LogP contribution is -2.44. The zero-order valence-corrected chi connectivity index (χ0v) is 11.5. The van der Waals surface area contributed by atoms with E-state index in [9.17, 15) is 10.1 Å². The van der Waals surface area contributed by atoms with Crippen molar-refractivity contribution < 1.29 is 9.53 Å². The summed E-state index contributed by atoms with van der Waals surface area (Å²) in [6.45, 7) is 10.00. The van der Waals surface area contributed by atoms with E-state index in [4.69, 9.17) is 4.74 Å². The molecule has 0 aliphatic heterocycles. The highest BCUT2D eigenvalue weighted by Crippen LogP contribution is 2.27. The van der Waals surface area contributed by atoms with Crippen LogP contribution in [0.4, 0.5) is 0 Å². The molecule has 0 fully saturated rings. The molecule has 0 atom stereocenters. The second-order valence-electron chi connectivity index (χ2n) is 3.98. The topological polar surface area (TPSA) is 53.3 Å². The number of carbonyl (C=O) groups is 1. The summed E-state index contributed by atoms with van der Waals surface area (Å²) in [5.74, 6) is -0.0628. The standard InChI is InChI=1S/C13H24N2O2/c1-5-13(6-2,11-14)12(16)15(7-3)9-10-17-8-4/h5-10H2,1-4H3. The largest absolute Gasteiger partial charge is 0.380 e. The fraction of sp³-hybridized carbons (Fsp3) is 0.846. The molecular weight excluding hydrogens is 216 g/mol. The van der Waals surface area contributed by atoms with Gasteiger partial charge in [-0.05, 0) is 26.7 Å². The van der Waals surface area contributed by atoms with Crippen molar-refractivity contribution in [2.75, 3.05) is 26.3 Å². The first kappa shape index (κ1) is 15.9. The van der Waals surface area contributed by atoms with Crippen molar-refractivity contribution in [3.8, 4) is 6.07 Å². The van der Waals surface area contributed by atoms with Gasteiger partial charge < -0.3 is 9.64 Å². The fourth-order valence-corrected chi connectivity index (χ4v) is 1.78. The molecule has 4 nitrogen and oxygen atoms in total. The van der Waals surface area contributed by atoms with Crippen LogP contribution in [0.1, 0.15) is 40.5 Å². The average Bonchev–Trinajstić information content (AvgIpc) is 2.37. The molecular formula is C13H24N2O2. The average molecular weight is 240 g/mol. The van der Waals surface area contributed by atoms with Crippen LogP contribution in [0.15, 0.2) is 0 Å². The molecule has 0 radical (unpaired) electrons. The van der Waals surface area contributed by atoms with E-state index in [1.54, 1.807) is 4.90 Å². The number of amides is 1. The molecule has 4 heteroatoms. The van der Waals surface area contributed by atoms with Gasteiger partial charge in [0.25, 0.3) is 0 Å². The number of carbonyl (C=O) groups excluding carboxylic acids is 1. The zero-order valence-electron chi connectivity index (χ0n) is 11.5. The van der Waals surface area contributed by atoms with Crippen LogP contribution in [0.3, 0.4) is 0 Å². The maximum Gasteiger partial charge on any atom is 0.243 e. The Labute approximate surface area is 105 Å². The van der Waals surface area contributed by atoms with Gasteiger partial charge in [-0.2, -0.15) is 5.26 Å². The van der Waals surface area contributed by atoms with Crippen LogP contribution in [-0.2, 0) is 9.53 Å². The van der Waals surface area contributed by atoms with Crippen molar-refractivity contribution in [1.29, 1.82) is 5.26 Å². The Hall–Kier alpha value is -1.08. The summed E-state index contributed by atoms with van der Waals surface area (Å²) >= 11 is 0. The maximum absolute atomic E-state index is 12.3. The molecule has 0 aromatic heterocycles. The molecule has 0 rings (SSSR count). The first-order chi connectivity index (χ1) is 8.11. The second kappa shape index (κ2) is 8.08. The summed E-state index contributed by atoms with van der Waals surface area (Å²) in [5, 5.41) is 9.23. The van der Waals surface area contributed by atoms with Gasteiger partial charge in [0.1, 0.15) is 5.41 Å². The molecule has 0 aliphatic carbocycles. The van der Waals surface area contributed by atoms with E-state index in [-0.39, 0.29) is 5.91 Å². The molecule has 0 bridgehead atoms. The van der Waals surface area contributed by atoms with Crippen LogP contribution < -0.4 is 0 Å². The lowest BCUT2D eigenvalue weighted by Gasteiger charge is -2.30. The van der Waals surface area contributed by atoms with Crippen molar-refractivity contribution >= 4 is 5.91 Å². The summed E-state index contributed by atoms with van der Waals surface area (Å²) in [7, 11) is 0. The number of nitrogens with zero attached hydrogens (tertiary/aromatic N) is 2. The second-order valence-corrected chi connectivity index (χ2v) is 3.98. The molecule has 0 saturated carbocycles. The molecule has 0 saturated heterocycles. The highest BCUT2D eigenvalue weighted by molar-refractivity contribution is 5.85. The molecule has 98 valence electrons. The van der Waals surface area contributed by atoms with Crippen LogP contribution in [0.25, 0.3) is 0 Å². The van der Waals surface area contributed by atoms with E-state index < -0.39 is 5.41 Å². The van der Waals surface area contributed by atoms with Gasteiger partial charge in [-0.1, -0.05) is 13.8 Å². The minimum absolute atomic E-state index is 0.0628.